The Balaban J connectivity index is 1.50. The standard InChI is InChI=1S/C30H32F3N5O5/c1-14-8-16(35-29(41)42)13-38(12-14)27-17-4-7-23(39)25(17)34-11-22(27)37-28(40)21-6-5-18(31)26(36-21)24-19(32)9-15(10-20(24)33)30(2,3)43/h5-6,9-11,14,16,23,35,39,43H,4,7-8,12-13H2,1-3H3,(H,37,40)(H,41,42)/t14-,16+,23?/m1/s1. The molecule has 1 aliphatic heterocycles. The molecule has 1 fully saturated rings. The van der Waals surface area contributed by atoms with E-state index in [2.05, 4.69) is 20.6 Å². The molecule has 3 heterocycles. The van der Waals surface area contributed by atoms with Crippen molar-refractivity contribution in [1.29, 1.82) is 0 Å². The van der Waals surface area contributed by atoms with Crippen LogP contribution < -0.4 is 15.5 Å². The van der Waals surface area contributed by atoms with E-state index in [1.165, 1.54) is 20.0 Å². The zero-order valence-corrected chi connectivity index (χ0v) is 23.8. The third-order valence-corrected chi connectivity index (χ3v) is 7.78. The minimum atomic E-state index is -1.55. The highest BCUT2D eigenvalue weighted by molar-refractivity contribution is 6.05. The van der Waals surface area contributed by atoms with Crippen molar-refractivity contribution in [1.82, 2.24) is 15.3 Å². The number of anilines is 2. The number of rotatable bonds is 6. The van der Waals surface area contributed by atoms with Gasteiger partial charge >= 0.3 is 6.09 Å². The van der Waals surface area contributed by atoms with Crippen molar-refractivity contribution < 1.29 is 38.1 Å². The topological polar surface area (TPSA) is 148 Å². The summed E-state index contributed by atoms with van der Waals surface area (Å²) < 4.78 is 44.9. The quantitative estimate of drug-likeness (QED) is 0.278. The smallest absolute Gasteiger partial charge is 0.404 e. The number of hydrogen-bond donors (Lipinski definition) is 5. The number of aliphatic hydroxyl groups excluding tert-OH is 1. The van der Waals surface area contributed by atoms with Crippen LogP contribution in [-0.4, -0.2) is 56.4 Å². The Morgan fingerprint density at radius 1 is 1.09 bits per heavy atom. The number of pyridine rings is 2. The minimum Gasteiger partial charge on any atom is -0.465 e. The molecule has 2 aromatic heterocycles. The molecule has 2 aliphatic rings. The van der Waals surface area contributed by atoms with Gasteiger partial charge in [-0.05, 0) is 68.9 Å². The van der Waals surface area contributed by atoms with Gasteiger partial charge in [0.2, 0.25) is 0 Å². The second-order valence-electron chi connectivity index (χ2n) is 11.7. The number of aromatic nitrogens is 2. The molecule has 3 aromatic rings. The summed E-state index contributed by atoms with van der Waals surface area (Å²) in [5.74, 6) is -4.08. The predicted molar refractivity (Wildman–Crippen MR) is 151 cm³/mol. The van der Waals surface area contributed by atoms with Gasteiger partial charge in [0.1, 0.15) is 28.8 Å². The van der Waals surface area contributed by atoms with Gasteiger partial charge in [-0.3, -0.25) is 9.78 Å². The fourth-order valence-electron chi connectivity index (χ4n) is 5.86. The van der Waals surface area contributed by atoms with Gasteiger partial charge in [0.25, 0.3) is 5.91 Å². The molecule has 1 unspecified atom stereocenters. The second-order valence-corrected chi connectivity index (χ2v) is 11.7. The van der Waals surface area contributed by atoms with E-state index < -0.39 is 52.4 Å². The van der Waals surface area contributed by atoms with Crippen molar-refractivity contribution in [2.75, 3.05) is 23.3 Å². The van der Waals surface area contributed by atoms with Crippen molar-refractivity contribution >= 4 is 23.4 Å². The van der Waals surface area contributed by atoms with Crippen LogP contribution in [0.5, 0.6) is 0 Å². The average Bonchev–Trinajstić information content (AvgIpc) is 3.28. The second kappa shape index (κ2) is 11.5. The Hall–Kier alpha value is -4.23. The minimum absolute atomic E-state index is 0.0601. The molecule has 13 heteroatoms. The van der Waals surface area contributed by atoms with Crippen LogP contribution in [0.2, 0.25) is 0 Å². The summed E-state index contributed by atoms with van der Waals surface area (Å²) in [6.45, 7) is 5.53. The van der Waals surface area contributed by atoms with E-state index in [9.17, 15) is 29.3 Å². The van der Waals surface area contributed by atoms with Gasteiger partial charge in [-0.2, -0.15) is 0 Å². The van der Waals surface area contributed by atoms with Crippen LogP contribution in [0.25, 0.3) is 11.3 Å². The molecule has 228 valence electrons. The maximum Gasteiger partial charge on any atom is 0.404 e. The van der Waals surface area contributed by atoms with E-state index in [0.29, 0.717) is 43.7 Å². The van der Waals surface area contributed by atoms with Gasteiger partial charge in [0.15, 0.2) is 0 Å². The number of fused-ring (bicyclic) bond motifs is 1. The molecule has 1 saturated heterocycles. The number of halogens is 3. The Bertz CT molecular complexity index is 1570. The summed E-state index contributed by atoms with van der Waals surface area (Å²) in [5, 5.41) is 35.1. The summed E-state index contributed by atoms with van der Waals surface area (Å²) in [4.78, 5) is 35.0. The number of benzene rings is 1. The number of nitrogens with zero attached hydrogens (tertiary/aromatic N) is 3. The third-order valence-electron chi connectivity index (χ3n) is 7.78. The van der Waals surface area contributed by atoms with Gasteiger partial charge < -0.3 is 30.9 Å². The first-order valence-corrected chi connectivity index (χ1v) is 13.9. The number of carbonyl (C=O) groups is 2. The van der Waals surface area contributed by atoms with E-state index in [-0.39, 0.29) is 28.9 Å². The van der Waals surface area contributed by atoms with Crippen molar-refractivity contribution in [3.8, 4) is 11.3 Å². The monoisotopic (exact) mass is 599 g/mol. The first kappa shape index (κ1) is 30.2. The lowest BCUT2D eigenvalue weighted by Gasteiger charge is -2.39. The van der Waals surface area contributed by atoms with Crippen LogP contribution in [-0.2, 0) is 12.0 Å². The van der Waals surface area contributed by atoms with Crippen molar-refractivity contribution in [2.24, 2.45) is 5.92 Å². The average molecular weight is 600 g/mol. The van der Waals surface area contributed by atoms with Crippen molar-refractivity contribution in [3.05, 3.63) is 70.4 Å². The molecule has 0 saturated carbocycles. The van der Waals surface area contributed by atoms with Gasteiger partial charge in [0.05, 0.1) is 40.5 Å². The molecule has 0 radical (unpaired) electrons. The Morgan fingerprint density at radius 3 is 2.44 bits per heavy atom. The number of carbonyl (C=O) groups excluding carboxylic acids is 1. The molecule has 2 amide bonds. The number of nitrogens with one attached hydrogen (secondary N) is 2. The molecule has 5 N–H and O–H groups in total. The van der Waals surface area contributed by atoms with Crippen LogP contribution in [0.15, 0.2) is 30.5 Å². The number of hydrogen-bond acceptors (Lipinski definition) is 7. The number of amides is 2. The highest BCUT2D eigenvalue weighted by Gasteiger charge is 2.34. The summed E-state index contributed by atoms with van der Waals surface area (Å²) >= 11 is 0. The van der Waals surface area contributed by atoms with Gasteiger partial charge in [-0.25, -0.2) is 22.9 Å². The maximum atomic E-state index is 15.0. The molecule has 3 atom stereocenters. The largest absolute Gasteiger partial charge is 0.465 e. The maximum absolute atomic E-state index is 15.0. The molecular formula is C30H32F3N5O5. The SMILES string of the molecule is C[C@@H]1C[C@H](NC(=O)O)CN(c2c(NC(=O)c3ccc(F)c(-c4c(F)cc(C(C)(C)O)cc4F)n3)cnc3c2CCC3O)C1. The highest BCUT2D eigenvalue weighted by Crippen LogP contribution is 2.42. The number of aliphatic hydroxyl groups is 2. The Kier molecular flexibility index (Phi) is 8.05. The van der Waals surface area contributed by atoms with E-state index >= 15 is 8.78 Å². The Morgan fingerprint density at radius 2 is 1.79 bits per heavy atom. The zero-order valence-electron chi connectivity index (χ0n) is 23.8. The van der Waals surface area contributed by atoms with Crippen LogP contribution in [0, 0.1) is 23.4 Å². The van der Waals surface area contributed by atoms with E-state index in [1.807, 2.05) is 11.8 Å². The lowest BCUT2D eigenvalue weighted by molar-refractivity contribution is 0.0778. The normalized spacial score (nSPS) is 20.1. The fraction of sp³-hybridized carbons (Fsp3) is 0.400. The molecule has 43 heavy (non-hydrogen) atoms. The van der Waals surface area contributed by atoms with E-state index in [0.717, 1.165) is 29.8 Å². The van der Waals surface area contributed by atoms with Crippen LogP contribution >= 0.6 is 0 Å². The number of carboxylic acid groups (broad SMARTS) is 1. The molecule has 0 spiro atoms. The van der Waals surface area contributed by atoms with E-state index in [1.54, 1.807) is 0 Å². The van der Waals surface area contributed by atoms with Crippen LogP contribution in [0.1, 0.15) is 67.0 Å². The van der Waals surface area contributed by atoms with Gasteiger partial charge in [-0.15, -0.1) is 0 Å². The summed E-state index contributed by atoms with van der Waals surface area (Å²) in [5.41, 5.74) is -1.40. The first-order chi connectivity index (χ1) is 20.2. The van der Waals surface area contributed by atoms with Crippen LogP contribution in [0.3, 0.4) is 0 Å². The predicted octanol–water partition coefficient (Wildman–Crippen LogP) is 4.50. The summed E-state index contributed by atoms with van der Waals surface area (Å²) in [6.07, 6.45) is 0.971. The molecule has 1 aromatic carbocycles. The molecule has 10 nitrogen and oxygen atoms in total. The van der Waals surface area contributed by atoms with Crippen molar-refractivity contribution in [2.45, 2.75) is 57.8 Å². The highest BCUT2D eigenvalue weighted by atomic mass is 19.1. The third kappa shape index (κ3) is 6.13. The van der Waals surface area contributed by atoms with Gasteiger partial charge in [-0.1, -0.05) is 6.92 Å². The summed E-state index contributed by atoms with van der Waals surface area (Å²) in [7, 11) is 0. The molecule has 5 rings (SSSR count). The molecule has 1 aliphatic carbocycles. The fourth-order valence-corrected chi connectivity index (χ4v) is 5.86. The molecule has 0 bridgehead atoms. The van der Waals surface area contributed by atoms with Crippen LogP contribution in [0.4, 0.5) is 29.3 Å². The number of piperidine rings is 1. The first-order valence-electron chi connectivity index (χ1n) is 13.9. The zero-order chi connectivity index (χ0) is 31.2. The lowest BCUT2D eigenvalue weighted by atomic mass is 9.94. The Labute approximate surface area is 245 Å². The van der Waals surface area contributed by atoms with Gasteiger partial charge in [0, 0.05) is 24.7 Å². The molecular weight excluding hydrogens is 567 g/mol. The van der Waals surface area contributed by atoms with E-state index in [4.69, 9.17) is 0 Å². The lowest BCUT2D eigenvalue weighted by Crippen LogP contribution is -2.50. The summed E-state index contributed by atoms with van der Waals surface area (Å²) in [6, 6.07) is 3.35. The van der Waals surface area contributed by atoms with Crippen molar-refractivity contribution in [3.63, 3.8) is 0 Å².